The normalized spacial score (nSPS) is 17.0. The Morgan fingerprint density at radius 3 is 2.67 bits per heavy atom. The molecule has 0 atom stereocenters. The lowest BCUT2D eigenvalue weighted by Gasteiger charge is -2.30. The van der Waals surface area contributed by atoms with E-state index in [1.165, 1.54) is 35.4 Å². The second-order valence-corrected chi connectivity index (χ2v) is 9.84. The topological polar surface area (TPSA) is 64.0 Å². The number of carbonyl (C=O) groups is 1. The molecule has 0 unspecified atom stereocenters. The zero-order valence-corrected chi connectivity index (χ0v) is 20.7. The molecule has 4 heterocycles. The fourth-order valence-electron chi connectivity index (χ4n) is 5.77. The highest BCUT2D eigenvalue weighted by Gasteiger charge is 2.30. The summed E-state index contributed by atoms with van der Waals surface area (Å²) in [5, 5.41) is 0. The summed E-state index contributed by atoms with van der Waals surface area (Å²) in [7, 11) is 1.54. The molecule has 36 heavy (non-hydrogen) atoms. The van der Waals surface area contributed by atoms with Gasteiger partial charge >= 0.3 is 0 Å². The highest BCUT2D eigenvalue weighted by Crippen LogP contribution is 2.29. The van der Waals surface area contributed by atoms with Crippen LogP contribution in [0, 0.1) is 0 Å². The molecule has 3 aliphatic rings. The van der Waals surface area contributed by atoms with Crippen molar-refractivity contribution in [2.75, 3.05) is 33.4 Å². The second kappa shape index (κ2) is 9.47. The Balaban J connectivity index is 1.27. The average molecular weight is 486 g/mol. The molecular weight excluding hydrogens is 454 g/mol. The molecule has 7 heteroatoms. The number of carbonyl (C=O) groups excluding carboxylic acids is 1. The second-order valence-electron chi connectivity index (χ2n) is 9.84. The molecule has 2 aromatic carbocycles. The number of methoxy groups -OCH3 is 1. The number of aromatic nitrogens is 1. The average Bonchev–Trinajstić information content (AvgIpc) is 3.27. The van der Waals surface area contributed by atoms with Crippen LogP contribution in [0.2, 0.25) is 0 Å². The third-order valence-electron chi connectivity index (χ3n) is 7.70. The molecule has 3 aliphatic heterocycles. The van der Waals surface area contributed by atoms with Gasteiger partial charge in [0.1, 0.15) is 17.1 Å². The molecular formula is C29H31N3O4. The molecule has 186 valence electrons. The minimum absolute atomic E-state index is 0.0582. The smallest absolute Gasteiger partial charge is 0.259 e. The summed E-state index contributed by atoms with van der Waals surface area (Å²) in [6.45, 7) is 4.86. The minimum Gasteiger partial charge on any atom is -0.496 e. The number of hydrogen-bond acceptors (Lipinski definition) is 5. The summed E-state index contributed by atoms with van der Waals surface area (Å²) >= 11 is 0. The van der Waals surface area contributed by atoms with Crippen molar-refractivity contribution in [3.05, 3.63) is 92.4 Å². The Bertz CT molecular complexity index is 1380. The largest absolute Gasteiger partial charge is 0.496 e. The van der Waals surface area contributed by atoms with Crippen molar-refractivity contribution in [2.24, 2.45) is 0 Å². The first-order chi connectivity index (χ1) is 17.6. The van der Waals surface area contributed by atoms with E-state index in [1.807, 2.05) is 17.0 Å². The molecule has 0 saturated heterocycles. The maximum absolute atomic E-state index is 13.9. The highest BCUT2D eigenvalue weighted by atomic mass is 16.5. The number of ether oxygens (including phenoxy) is 2. The predicted molar refractivity (Wildman–Crippen MR) is 137 cm³/mol. The summed E-state index contributed by atoms with van der Waals surface area (Å²) in [6, 6.07) is 16.2. The highest BCUT2D eigenvalue weighted by molar-refractivity contribution is 5.98. The van der Waals surface area contributed by atoms with Crippen LogP contribution in [0.1, 0.15) is 38.3 Å². The van der Waals surface area contributed by atoms with E-state index in [2.05, 4.69) is 35.2 Å². The zero-order valence-electron chi connectivity index (χ0n) is 20.7. The standard InChI is InChI=1S/C29H31N3O4/c1-35-26-17-27(33)32-14-13-30(18-20-6-7-25-22(16-20)10-15-36-25)11-9-24(32)28(26)29(34)31-12-8-21-4-2-3-5-23(21)19-31/h2-7,16-17H,8-15,18-19H2,1H3. The molecule has 0 saturated carbocycles. The zero-order chi connectivity index (χ0) is 24.6. The van der Waals surface area contributed by atoms with Gasteiger partial charge in [-0.15, -0.1) is 0 Å². The quantitative estimate of drug-likeness (QED) is 0.569. The van der Waals surface area contributed by atoms with Gasteiger partial charge in [-0.25, -0.2) is 0 Å². The lowest BCUT2D eigenvalue weighted by molar-refractivity contribution is 0.0728. The van der Waals surface area contributed by atoms with Gasteiger partial charge < -0.3 is 18.9 Å². The van der Waals surface area contributed by atoms with Crippen LogP contribution in [0.5, 0.6) is 11.5 Å². The lowest BCUT2D eigenvalue weighted by atomic mass is 9.98. The van der Waals surface area contributed by atoms with E-state index in [0.29, 0.717) is 37.4 Å². The van der Waals surface area contributed by atoms with Gasteiger partial charge in [0.15, 0.2) is 0 Å². The van der Waals surface area contributed by atoms with Gasteiger partial charge in [0.2, 0.25) is 0 Å². The van der Waals surface area contributed by atoms with Crippen LogP contribution in [0.15, 0.2) is 53.3 Å². The summed E-state index contributed by atoms with van der Waals surface area (Å²) in [5.74, 6) is 1.31. The molecule has 0 radical (unpaired) electrons. The first-order valence-electron chi connectivity index (χ1n) is 12.7. The maximum Gasteiger partial charge on any atom is 0.259 e. The molecule has 1 aromatic heterocycles. The van der Waals surface area contributed by atoms with E-state index < -0.39 is 0 Å². The van der Waals surface area contributed by atoms with Crippen LogP contribution in [-0.2, 0) is 38.9 Å². The minimum atomic E-state index is -0.112. The van der Waals surface area contributed by atoms with Crippen molar-refractivity contribution >= 4 is 5.91 Å². The Kier molecular flexibility index (Phi) is 6.01. The van der Waals surface area contributed by atoms with Crippen LogP contribution in [0.3, 0.4) is 0 Å². The molecule has 0 aliphatic carbocycles. The number of fused-ring (bicyclic) bond motifs is 3. The molecule has 1 amide bonds. The van der Waals surface area contributed by atoms with E-state index in [9.17, 15) is 9.59 Å². The molecule has 0 fully saturated rings. The summed E-state index contributed by atoms with van der Waals surface area (Å²) in [5.41, 5.74) is 6.20. The van der Waals surface area contributed by atoms with Gasteiger partial charge in [0.25, 0.3) is 11.5 Å². The monoisotopic (exact) mass is 485 g/mol. The summed E-state index contributed by atoms with van der Waals surface area (Å²) in [4.78, 5) is 31.2. The van der Waals surface area contributed by atoms with E-state index in [0.717, 1.165) is 50.5 Å². The predicted octanol–water partition coefficient (Wildman–Crippen LogP) is 3.05. The van der Waals surface area contributed by atoms with E-state index in [4.69, 9.17) is 9.47 Å². The number of benzene rings is 2. The van der Waals surface area contributed by atoms with E-state index in [-0.39, 0.29) is 11.5 Å². The first-order valence-corrected chi connectivity index (χ1v) is 12.7. The van der Waals surface area contributed by atoms with Gasteiger partial charge in [0.05, 0.1) is 13.7 Å². The van der Waals surface area contributed by atoms with Gasteiger partial charge in [0, 0.05) is 63.9 Å². The van der Waals surface area contributed by atoms with Gasteiger partial charge in [-0.2, -0.15) is 0 Å². The van der Waals surface area contributed by atoms with Crippen molar-refractivity contribution in [2.45, 2.75) is 38.9 Å². The third-order valence-corrected chi connectivity index (χ3v) is 7.70. The molecule has 0 spiro atoms. The maximum atomic E-state index is 13.9. The van der Waals surface area contributed by atoms with Crippen LogP contribution >= 0.6 is 0 Å². The fourth-order valence-corrected chi connectivity index (χ4v) is 5.77. The molecule has 3 aromatic rings. The first kappa shape index (κ1) is 22.9. The van der Waals surface area contributed by atoms with Crippen molar-refractivity contribution in [3.63, 3.8) is 0 Å². The molecule has 6 rings (SSSR count). The van der Waals surface area contributed by atoms with Crippen molar-refractivity contribution in [3.8, 4) is 11.5 Å². The third kappa shape index (κ3) is 4.17. The van der Waals surface area contributed by atoms with Crippen LogP contribution < -0.4 is 15.0 Å². The van der Waals surface area contributed by atoms with Crippen molar-refractivity contribution < 1.29 is 14.3 Å². The lowest BCUT2D eigenvalue weighted by Crippen LogP contribution is -2.38. The number of hydrogen-bond donors (Lipinski definition) is 0. The fraction of sp³-hybridized carbons (Fsp3) is 0.379. The number of nitrogens with zero attached hydrogens (tertiary/aromatic N) is 3. The molecule has 7 nitrogen and oxygen atoms in total. The van der Waals surface area contributed by atoms with Crippen LogP contribution in [0.25, 0.3) is 0 Å². The van der Waals surface area contributed by atoms with E-state index in [1.54, 1.807) is 4.57 Å². The van der Waals surface area contributed by atoms with Gasteiger partial charge in [-0.3, -0.25) is 14.5 Å². The number of amides is 1. The van der Waals surface area contributed by atoms with Crippen molar-refractivity contribution in [1.29, 1.82) is 0 Å². The number of pyridine rings is 1. The van der Waals surface area contributed by atoms with Crippen LogP contribution in [-0.4, -0.2) is 53.6 Å². The number of rotatable bonds is 4. The Morgan fingerprint density at radius 2 is 1.81 bits per heavy atom. The molecule has 0 N–H and O–H groups in total. The van der Waals surface area contributed by atoms with Crippen LogP contribution in [0.4, 0.5) is 0 Å². The Hall–Kier alpha value is -3.58. The summed E-state index contributed by atoms with van der Waals surface area (Å²) < 4.78 is 13.0. The SMILES string of the molecule is COc1cc(=O)n2c(c1C(=O)N1CCc3ccccc3C1)CCN(Cc1ccc3c(c1)CCO3)CC2. The van der Waals surface area contributed by atoms with Gasteiger partial charge in [-0.05, 0) is 34.7 Å². The van der Waals surface area contributed by atoms with Gasteiger partial charge in [-0.1, -0.05) is 36.4 Å². The van der Waals surface area contributed by atoms with Crippen molar-refractivity contribution in [1.82, 2.24) is 14.4 Å². The molecule has 0 bridgehead atoms. The summed E-state index contributed by atoms with van der Waals surface area (Å²) in [6.07, 6.45) is 2.40. The Morgan fingerprint density at radius 1 is 0.944 bits per heavy atom. The van der Waals surface area contributed by atoms with E-state index >= 15 is 0 Å². The Labute approximate surface area is 210 Å².